The highest BCUT2D eigenvalue weighted by molar-refractivity contribution is 9.10. The minimum absolute atomic E-state index is 0.0110. The second-order valence-electron chi connectivity index (χ2n) is 6.65. The van der Waals surface area contributed by atoms with E-state index >= 15 is 0 Å². The third-order valence-electron chi connectivity index (χ3n) is 4.63. The summed E-state index contributed by atoms with van der Waals surface area (Å²) in [5.74, 6) is 0.719. The van der Waals surface area contributed by atoms with Gasteiger partial charge in [-0.05, 0) is 36.5 Å². The van der Waals surface area contributed by atoms with Gasteiger partial charge < -0.3 is 10.6 Å². The van der Waals surface area contributed by atoms with E-state index in [0.717, 1.165) is 28.9 Å². The lowest BCUT2D eigenvalue weighted by molar-refractivity contribution is -0.122. The number of hydrogen-bond donors (Lipinski definition) is 2. The van der Waals surface area contributed by atoms with Crippen LogP contribution in [0.25, 0.3) is 0 Å². The van der Waals surface area contributed by atoms with E-state index in [2.05, 4.69) is 26.6 Å². The molecule has 1 aromatic rings. The van der Waals surface area contributed by atoms with E-state index < -0.39 is 0 Å². The van der Waals surface area contributed by atoms with Crippen molar-refractivity contribution in [2.75, 3.05) is 6.54 Å². The van der Waals surface area contributed by atoms with Crippen molar-refractivity contribution in [2.45, 2.75) is 57.9 Å². The lowest BCUT2D eigenvalue weighted by Gasteiger charge is -2.18. The summed E-state index contributed by atoms with van der Waals surface area (Å²) < 4.78 is 0.976. The second kappa shape index (κ2) is 9.82. The number of carbonyl (C=O) groups is 2. The largest absolute Gasteiger partial charge is 0.356 e. The van der Waals surface area contributed by atoms with Gasteiger partial charge in [-0.1, -0.05) is 53.7 Å². The number of rotatable bonds is 8. The summed E-state index contributed by atoms with van der Waals surface area (Å²) in [7, 11) is 0. The van der Waals surface area contributed by atoms with Crippen LogP contribution in [-0.2, 0) is 9.59 Å². The normalized spacial score (nSPS) is 15.9. The van der Waals surface area contributed by atoms with Crippen LogP contribution in [0.2, 0.25) is 0 Å². The van der Waals surface area contributed by atoms with Crippen molar-refractivity contribution in [3.63, 3.8) is 0 Å². The van der Waals surface area contributed by atoms with Crippen LogP contribution in [0.3, 0.4) is 0 Å². The summed E-state index contributed by atoms with van der Waals surface area (Å²) in [6, 6.07) is 7.41. The number of carbonyl (C=O) groups excluding carboxylic acids is 2. The summed E-state index contributed by atoms with van der Waals surface area (Å²) in [6.07, 6.45) is 7.95. The molecule has 0 spiro atoms. The van der Waals surface area contributed by atoms with Crippen molar-refractivity contribution >= 4 is 27.7 Å². The Balaban J connectivity index is 1.78. The van der Waals surface area contributed by atoms with Gasteiger partial charge in [0.25, 0.3) is 0 Å². The smallest absolute Gasteiger partial charge is 0.222 e. The summed E-state index contributed by atoms with van der Waals surface area (Å²) in [6.45, 7) is 2.20. The van der Waals surface area contributed by atoms with Crippen molar-refractivity contribution in [2.24, 2.45) is 5.92 Å². The van der Waals surface area contributed by atoms with Crippen LogP contribution in [0, 0.1) is 5.92 Å². The molecule has 0 aliphatic heterocycles. The van der Waals surface area contributed by atoms with Gasteiger partial charge in [0.05, 0.1) is 12.5 Å². The first-order valence-corrected chi connectivity index (χ1v) is 9.63. The maximum Gasteiger partial charge on any atom is 0.222 e. The first kappa shape index (κ1) is 19.0. The molecule has 4 nitrogen and oxygen atoms in total. The minimum Gasteiger partial charge on any atom is -0.356 e. The van der Waals surface area contributed by atoms with Gasteiger partial charge in [0, 0.05) is 17.9 Å². The van der Waals surface area contributed by atoms with Gasteiger partial charge in [-0.3, -0.25) is 9.59 Å². The lowest BCUT2D eigenvalue weighted by atomic mass is 10.0. The molecule has 132 valence electrons. The highest BCUT2D eigenvalue weighted by Gasteiger charge is 2.17. The summed E-state index contributed by atoms with van der Waals surface area (Å²) in [4.78, 5) is 23.6. The van der Waals surface area contributed by atoms with Crippen LogP contribution in [0.5, 0.6) is 0 Å². The Kier molecular flexibility index (Phi) is 7.76. The zero-order valence-electron chi connectivity index (χ0n) is 14.3. The Labute approximate surface area is 152 Å². The molecule has 2 N–H and O–H groups in total. The van der Waals surface area contributed by atoms with Gasteiger partial charge in [0.2, 0.25) is 11.8 Å². The molecular formula is C19H27BrN2O2. The van der Waals surface area contributed by atoms with E-state index in [1.807, 2.05) is 24.3 Å². The van der Waals surface area contributed by atoms with Crippen molar-refractivity contribution in [3.05, 3.63) is 34.3 Å². The number of amides is 2. The molecule has 1 atom stereocenters. The Morgan fingerprint density at radius 1 is 1.21 bits per heavy atom. The molecule has 1 aliphatic rings. The van der Waals surface area contributed by atoms with E-state index in [1.165, 1.54) is 39.0 Å². The number of benzene rings is 1. The molecule has 1 aromatic carbocycles. The quantitative estimate of drug-likeness (QED) is 0.651. The first-order chi connectivity index (χ1) is 11.5. The number of nitrogens with one attached hydrogen (secondary N) is 2. The first-order valence-electron chi connectivity index (χ1n) is 8.84. The molecule has 2 rings (SSSR count). The van der Waals surface area contributed by atoms with E-state index in [4.69, 9.17) is 0 Å². The van der Waals surface area contributed by atoms with Crippen LogP contribution < -0.4 is 10.6 Å². The summed E-state index contributed by atoms with van der Waals surface area (Å²) in [5, 5.41) is 5.86. The fourth-order valence-electron chi connectivity index (χ4n) is 3.37. The van der Waals surface area contributed by atoms with Gasteiger partial charge in [0.15, 0.2) is 0 Å². The second-order valence-corrected chi connectivity index (χ2v) is 7.57. The van der Waals surface area contributed by atoms with Crippen molar-refractivity contribution in [1.29, 1.82) is 0 Å². The Bertz CT molecular complexity index is 539. The van der Waals surface area contributed by atoms with E-state index in [9.17, 15) is 9.59 Å². The van der Waals surface area contributed by atoms with Crippen LogP contribution in [0.4, 0.5) is 0 Å². The predicted molar refractivity (Wildman–Crippen MR) is 99.5 cm³/mol. The van der Waals surface area contributed by atoms with Crippen LogP contribution >= 0.6 is 15.9 Å². The zero-order valence-corrected chi connectivity index (χ0v) is 15.9. The van der Waals surface area contributed by atoms with Crippen molar-refractivity contribution in [3.8, 4) is 0 Å². The zero-order chi connectivity index (χ0) is 17.4. The SMILES string of the molecule is CC(=O)NC(CC(=O)NCCCC1CCCC1)c1ccc(Br)cc1. The molecule has 1 unspecified atom stereocenters. The van der Waals surface area contributed by atoms with Gasteiger partial charge in [0.1, 0.15) is 0 Å². The molecule has 1 fully saturated rings. The maximum atomic E-state index is 12.2. The number of hydrogen-bond acceptors (Lipinski definition) is 2. The van der Waals surface area contributed by atoms with E-state index in [-0.39, 0.29) is 24.3 Å². The predicted octanol–water partition coefficient (Wildman–Crippen LogP) is 4.10. The molecule has 1 aliphatic carbocycles. The average molecular weight is 395 g/mol. The highest BCUT2D eigenvalue weighted by Crippen LogP contribution is 2.28. The molecule has 5 heteroatoms. The fraction of sp³-hybridized carbons (Fsp3) is 0.579. The lowest BCUT2D eigenvalue weighted by Crippen LogP contribution is -2.33. The molecule has 0 radical (unpaired) electrons. The molecule has 24 heavy (non-hydrogen) atoms. The third-order valence-corrected chi connectivity index (χ3v) is 5.15. The monoisotopic (exact) mass is 394 g/mol. The topological polar surface area (TPSA) is 58.2 Å². The third kappa shape index (κ3) is 6.63. The highest BCUT2D eigenvalue weighted by atomic mass is 79.9. The molecule has 2 amide bonds. The van der Waals surface area contributed by atoms with Gasteiger partial charge >= 0.3 is 0 Å². The maximum absolute atomic E-state index is 12.2. The molecule has 0 aromatic heterocycles. The minimum atomic E-state index is -0.287. The fourth-order valence-corrected chi connectivity index (χ4v) is 3.63. The standard InChI is InChI=1S/C19H27BrN2O2/c1-14(23)22-18(16-8-10-17(20)11-9-16)13-19(24)21-12-4-7-15-5-2-3-6-15/h8-11,15,18H,2-7,12-13H2,1H3,(H,21,24)(H,22,23). The average Bonchev–Trinajstić information content (AvgIpc) is 3.04. The van der Waals surface area contributed by atoms with Crippen molar-refractivity contribution in [1.82, 2.24) is 10.6 Å². The number of halogens is 1. The van der Waals surface area contributed by atoms with Gasteiger partial charge in [-0.15, -0.1) is 0 Å². The molecule has 1 saturated carbocycles. The van der Waals surface area contributed by atoms with Gasteiger partial charge in [-0.2, -0.15) is 0 Å². The molecule has 0 bridgehead atoms. The van der Waals surface area contributed by atoms with E-state index in [0.29, 0.717) is 0 Å². The van der Waals surface area contributed by atoms with Gasteiger partial charge in [-0.25, -0.2) is 0 Å². The van der Waals surface area contributed by atoms with Crippen LogP contribution in [-0.4, -0.2) is 18.4 Å². The van der Waals surface area contributed by atoms with E-state index in [1.54, 1.807) is 0 Å². The Hall–Kier alpha value is -1.36. The Morgan fingerprint density at radius 3 is 2.50 bits per heavy atom. The molecular weight excluding hydrogens is 368 g/mol. The molecule has 0 heterocycles. The van der Waals surface area contributed by atoms with Crippen molar-refractivity contribution < 1.29 is 9.59 Å². The summed E-state index contributed by atoms with van der Waals surface area (Å²) >= 11 is 3.40. The van der Waals surface area contributed by atoms with Crippen LogP contribution in [0.1, 0.15) is 63.5 Å². The molecule has 0 saturated heterocycles. The van der Waals surface area contributed by atoms with Crippen LogP contribution in [0.15, 0.2) is 28.7 Å². The summed E-state index contributed by atoms with van der Waals surface area (Å²) in [5.41, 5.74) is 0.939. The Morgan fingerprint density at radius 2 is 1.88 bits per heavy atom.